The molecule has 6 heteroatoms. The van der Waals surface area contributed by atoms with E-state index in [1.807, 2.05) is 0 Å². The van der Waals surface area contributed by atoms with E-state index >= 15 is 0 Å². The van der Waals surface area contributed by atoms with Gasteiger partial charge in [-0.05, 0) is 30.9 Å². The highest BCUT2D eigenvalue weighted by molar-refractivity contribution is 6.45. The van der Waals surface area contributed by atoms with E-state index in [2.05, 4.69) is 4.74 Å². The van der Waals surface area contributed by atoms with Crippen molar-refractivity contribution in [1.29, 1.82) is 0 Å². The lowest BCUT2D eigenvalue weighted by molar-refractivity contribution is -0.194. The van der Waals surface area contributed by atoms with Gasteiger partial charge in [0.1, 0.15) is 0 Å². The second kappa shape index (κ2) is 4.09. The molecule has 100 valence electrons. The van der Waals surface area contributed by atoms with Crippen LogP contribution in [0.25, 0.3) is 0 Å². The summed E-state index contributed by atoms with van der Waals surface area (Å²) in [6.07, 6.45) is 2.66. The molecule has 2 aliphatic heterocycles. The number of allylic oxidation sites excluding steroid dienone is 1. The molecule has 2 fully saturated rings. The summed E-state index contributed by atoms with van der Waals surface area (Å²) in [5.74, 6) is -2.85. The third-order valence-electron chi connectivity index (χ3n) is 3.91. The fraction of sp³-hybridized carbons (Fsp3) is 0.538. The maximum atomic E-state index is 11.7. The van der Waals surface area contributed by atoms with Gasteiger partial charge in [-0.3, -0.25) is 9.59 Å². The summed E-state index contributed by atoms with van der Waals surface area (Å²) < 4.78 is 9.84. The molecular formula is C13H12O6. The van der Waals surface area contributed by atoms with Gasteiger partial charge >= 0.3 is 11.9 Å². The number of rotatable bonds is 2. The molecule has 0 amide bonds. The summed E-state index contributed by atoms with van der Waals surface area (Å²) in [5.41, 5.74) is -1.18. The van der Waals surface area contributed by atoms with Gasteiger partial charge in [-0.2, -0.15) is 0 Å². The molecule has 1 aliphatic carbocycles. The fourth-order valence-electron chi connectivity index (χ4n) is 2.79. The van der Waals surface area contributed by atoms with Crippen LogP contribution in [-0.2, 0) is 28.7 Å². The summed E-state index contributed by atoms with van der Waals surface area (Å²) in [6, 6.07) is 0. The largest absolute Gasteiger partial charge is 0.391 e. The van der Waals surface area contributed by atoms with E-state index in [4.69, 9.17) is 4.74 Å². The zero-order chi connectivity index (χ0) is 13.6. The van der Waals surface area contributed by atoms with Crippen LogP contribution >= 0.6 is 0 Å². The predicted octanol–water partition coefficient (Wildman–Crippen LogP) is 0.0936. The first-order valence-electron chi connectivity index (χ1n) is 6.20. The Hall–Kier alpha value is -1.82. The molecular weight excluding hydrogens is 252 g/mol. The van der Waals surface area contributed by atoms with E-state index in [1.54, 1.807) is 0 Å². The molecule has 2 saturated heterocycles. The van der Waals surface area contributed by atoms with Gasteiger partial charge in [0.25, 0.3) is 0 Å². The van der Waals surface area contributed by atoms with Crippen LogP contribution in [-0.4, -0.2) is 36.2 Å². The monoisotopic (exact) mass is 264 g/mol. The molecule has 0 saturated carbocycles. The standard InChI is InChI=1S/C13H12O6/c14-9-5-7(4-8-2-1-3-18-8)13(6-10(9)15)11(16)19-12(13)17/h5,8H,1-4,6H2. The third kappa shape index (κ3) is 1.67. The van der Waals surface area contributed by atoms with Gasteiger partial charge in [-0.25, -0.2) is 9.59 Å². The van der Waals surface area contributed by atoms with Crippen molar-refractivity contribution in [1.82, 2.24) is 0 Å². The number of esters is 2. The number of ketones is 2. The highest BCUT2D eigenvalue weighted by atomic mass is 16.6. The van der Waals surface area contributed by atoms with Crippen molar-refractivity contribution < 1.29 is 28.7 Å². The third-order valence-corrected chi connectivity index (χ3v) is 3.91. The summed E-state index contributed by atoms with van der Waals surface area (Å²) >= 11 is 0. The predicted molar refractivity (Wildman–Crippen MR) is 59.8 cm³/mol. The molecule has 0 bridgehead atoms. The highest BCUT2D eigenvalue weighted by Gasteiger charge is 2.64. The molecule has 3 aliphatic rings. The smallest absolute Gasteiger partial charge is 0.335 e. The molecule has 1 spiro atoms. The van der Waals surface area contributed by atoms with E-state index in [0.29, 0.717) is 18.6 Å². The van der Waals surface area contributed by atoms with Gasteiger partial charge in [0.05, 0.1) is 6.10 Å². The summed E-state index contributed by atoms with van der Waals surface area (Å²) in [7, 11) is 0. The number of hydrogen-bond donors (Lipinski definition) is 0. The molecule has 2 heterocycles. The van der Waals surface area contributed by atoms with E-state index < -0.39 is 35.3 Å². The van der Waals surface area contributed by atoms with Crippen LogP contribution in [0.2, 0.25) is 0 Å². The maximum Gasteiger partial charge on any atom is 0.335 e. The Morgan fingerprint density at radius 3 is 2.53 bits per heavy atom. The molecule has 3 rings (SSSR count). The van der Waals surface area contributed by atoms with Crippen LogP contribution in [0.1, 0.15) is 25.7 Å². The van der Waals surface area contributed by atoms with Gasteiger partial charge < -0.3 is 9.47 Å². The number of ether oxygens (including phenoxy) is 2. The second-order valence-corrected chi connectivity index (χ2v) is 5.06. The molecule has 0 aromatic heterocycles. The number of cyclic esters (lactones) is 2. The van der Waals surface area contributed by atoms with E-state index in [1.165, 1.54) is 0 Å². The Labute approximate surface area is 108 Å². The minimum absolute atomic E-state index is 0.106. The van der Waals surface area contributed by atoms with Crippen molar-refractivity contribution in [2.45, 2.75) is 31.8 Å². The Kier molecular flexibility index (Phi) is 2.63. The maximum absolute atomic E-state index is 11.7. The van der Waals surface area contributed by atoms with Crippen LogP contribution in [0.4, 0.5) is 0 Å². The number of carbonyl (C=O) groups is 4. The van der Waals surface area contributed by atoms with Crippen molar-refractivity contribution >= 4 is 23.5 Å². The molecule has 0 radical (unpaired) electrons. The fourth-order valence-corrected chi connectivity index (χ4v) is 2.79. The van der Waals surface area contributed by atoms with Crippen LogP contribution < -0.4 is 0 Å². The van der Waals surface area contributed by atoms with Gasteiger partial charge in [-0.15, -0.1) is 0 Å². The topological polar surface area (TPSA) is 86.7 Å². The Morgan fingerprint density at radius 2 is 1.95 bits per heavy atom. The summed E-state index contributed by atoms with van der Waals surface area (Å²) in [5, 5.41) is 0. The molecule has 1 unspecified atom stereocenters. The van der Waals surface area contributed by atoms with Gasteiger partial charge in [0, 0.05) is 13.0 Å². The number of Topliss-reactive ketones (excluding diaryl/α,β-unsaturated/α-hetero) is 1. The van der Waals surface area contributed by atoms with Crippen molar-refractivity contribution in [2.75, 3.05) is 6.61 Å². The first-order chi connectivity index (χ1) is 9.04. The van der Waals surface area contributed by atoms with Crippen molar-refractivity contribution in [3.63, 3.8) is 0 Å². The van der Waals surface area contributed by atoms with Crippen LogP contribution in [0.15, 0.2) is 11.6 Å². The van der Waals surface area contributed by atoms with Crippen molar-refractivity contribution in [3.05, 3.63) is 11.6 Å². The normalized spacial score (nSPS) is 29.3. The molecule has 19 heavy (non-hydrogen) atoms. The first kappa shape index (κ1) is 12.2. The quantitative estimate of drug-likeness (QED) is 0.399. The van der Waals surface area contributed by atoms with Gasteiger partial charge in [-0.1, -0.05) is 0 Å². The molecule has 1 atom stereocenters. The van der Waals surface area contributed by atoms with Crippen molar-refractivity contribution in [2.24, 2.45) is 5.41 Å². The van der Waals surface area contributed by atoms with E-state index in [0.717, 1.165) is 18.9 Å². The SMILES string of the molecule is O=C1C=C(CC2CCCO2)C2(CC1=O)C(=O)OC2=O. The minimum atomic E-state index is -1.54. The average Bonchev–Trinajstić information content (AvgIpc) is 2.86. The highest BCUT2D eigenvalue weighted by Crippen LogP contribution is 2.46. The molecule has 0 N–H and O–H groups in total. The molecule has 6 nitrogen and oxygen atoms in total. The van der Waals surface area contributed by atoms with Crippen molar-refractivity contribution in [3.8, 4) is 0 Å². The van der Waals surface area contributed by atoms with Crippen LogP contribution in [0.5, 0.6) is 0 Å². The lowest BCUT2D eigenvalue weighted by Gasteiger charge is -2.39. The van der Waals surface area contributed by atoms with Gasteiger partial charge in [0.2, 0.25) is 11.6 Å². The Balaban J connectivity index is 1.94. The van der Waals surface area contributed by atoms with E-state index in [-0.39, 0.29) is 6.10 Å². The zero-order valence-corrected chi connectivity index (χ0v) is 10.1. The Morgan fingerprint density at radius 1 is 1.21 bits per heavy atom. The van der Waals surface area contributed by atoms with Gasteiger partial charge in [0.15, 0.2) is 5.41 Å². The Bertz CT molecular complexity index is 509. The lowest BCUT2D eigenvalue weighted by atomic mass is 9.67. The van der Waals surface area contributed by atoms with Crippen LogP contribution in [0, 0.1) is 5.41 Å². The zero-order valence-electron chi connectivity index (χ0n) is 10.1. The van der Waals surface area contributed by atoms with Crippen LogP contribution in [0.3, 0.4) is 0 Å². The number of carbonyl (C=O) groups excluding carboxylic acids is 4. The molecule has 0 aromatic carbocycles. The first-order valence-corrected chi connectivity index (χ1v) is 6.20. The molecule has 0 aromatic rings. The summed E-state index contributed by atoms with van der Waals surface area (Å²) in [6.45, 7) is 0.635. The summed E-state index contributed by atoms with van der Waals surface area (Å²) in [4.78, 5) is 46.3. The minimum Gasteiger partial charge on any atom is -0.391 e. The number of hydrogen-bond acceptors (Lipinski definition) is 6. The second-order valence-electron chi connectivity index (χ2n) is 5.06. The average molecular weight is 264 g/mol. The van der Waals surface area contributed by atoms with E-state index in [9.17, 15) is 19.2 Å². The lowest BCUT2D eigenvalue weighted by Crippen LogP contribution is -2.58.